The van der Waals surface area contributed by atoms with E-state index in [9.17, 15) is 8.42 Å². The molecular formula is C10H22ClNO2S. The van der Waals surface area contributed by atoms with Crippen molar-refractivity contribution in [2.75, 3.05) is 18.2 Å². The molecular weight excluding hydrogens is 234 g/mol. The predicted molar refractivity (Wildman–Crippen MR) is 65.8 cm³/mol. The van der Waals surface area contributed by atoms with E-state index in [1.165, 1.54) is 0 Å². The molecule has 0 aliphatic carbocycles. The molecule has 0 heterocycles. The molecule has 1 N–H and O–H groups in total. The summed E-state index contributed by atoms with van der Waals surface area (Å²) in [4.78, 5) is 0. The summed E-state index contributed by atoms with van der Waals surface area (Å²) in [5, 5.41) is 0. The lowest BCUT2D eigenvalue weighted by Crippen LogP contribution is -2.39. The summed E-state index contributed by atoms with van der Waals surface area (Å²) in [6.45, 7) is 6.39. The van der Waals surface area contributed by atoms with Gasteiger partial charge in [0.15, 0.2) is 0 Å². The van der Waals surface area contributed by atoms with Crippen LogP contribution >= 0.6 is 11.6 Å². The average molecular weight is 256 g/mol. The summed E-state index contributed by atoms with van der Waals surface area (Å²) in [6.07, 6.45) is 2.42. The van der Waals surface area contributed by atoms with Crippen LogP contribution in [0.5, 0.6) is 0 Å². The lowest BCUT2D eigenvalue weighted by atomic mass is 9.85. The maximum absolute atomic E-state index is 11.5. The fraction of sp³-hybridized carbons (Fsp3) is 1.00. The van der Waals surface area contributed by atoms with Gasteiger partial charge in [0.2, 0.25) is 10.0 Å². The van der Waals surface area contributed by atoms with Crippen LogP contribution in [0.2, 0.25) is 0 Å². The molecule has 0 amide bonds. The van der Waals surface area contributed by atoms with Crippen LogP contribution in [0.3, 0.4) is 0 Å². The van der Waals surface area contributed by atoms with E-state index in [0.29, 0.717) is 18.8 Å². The summed E-state index contributed by atoms with van der Waals surface area (Å²) in [6, 6.07) is 0. The number of hydrogen-bond acceptors (Lipinski definition) is 2. The third-order valence-electron chi connectivity index (χ3n) is 2.92. The zero-order chi connectivity index (χ0) is 11.9. The van der Waals surface area contributed by atoms with E-state index in [1.807, 2.05) is 20.8 Å². The van der Waals surface area contributed by atoms with Crippen molar-refractivity contribution in [3.05, 3.63) is 0 Å². The Morgan fingerprint density at radius 1 is 1.20 bits per heavy atom. The fourth-order valence-corrected chi connectivity index (χ4v) is 3.02. The minimum atomic E-state index is -3.10. The van der Waals surface area contributed by atoms with E-state index in [0.717, 1.165) is 12.8 Å². The molecule has 0 unspecified atom stereocenters. The Bertz CT molecular complexity index is 252. The molecule has 0 atom stereocenters. The Morgan fingerprint density at radius 3 is 2.07 bits per heavy atom. The molecule has 0 aromatic heterocycles. The summed E-state index contributed by atoms with van der Waals surface area (Å²) in [7, 11) is -3.10. The monoisotopic (exact) mass is 255 g/mol. The molecule has 92 valence electrons. The Labute approximate surface area is 98.6 Å². The molecule has 0 aliphatic rings. The summed E-state index contributed by atoms with van der Waals surface area (Å²) in [5.41, 5.74) is -0.0949. The quantitative estimate of drug-likeness (QED) is 0.677. The SMILES string of the molecule is CCCS(=O)(=O)NCC(CC)(CC)CCl. The number of alkyl halides is 1. The highest BCUT2D eigenvalue weighted by atomic mass is 35.5. The molecule has 0 radical (unpaired) electrons. The molecule has 3 nitrogen and oxygen atoms in total. The van der Waals surface area contributed by atoms with E-state index in [4.69, 9.17) is 11.6 Å². The van der Waals surface area contributed by atoms with Gasteiger partial charge in [0.05, 0.1) is 5.75 Å². The minimum Gasteiger partial charge on any atom is -0.215 e. The minimum absolute atomic E-state index is 0.0949. The van der Waals surface area contributed by atoms with Gasteiger partial charge in [0.1, 0.15) is 0 Å². The van der Waals surface area contributed by atoms with E-state index in [2.05, 4.69) is 4.72 Å². The Balaban J connectivity index is 4.34. The van der Waals surface area contributed by atoms with Crippen molar-refractivity contribution in [2.45, 2.75) is 40.0 Å². The van der Waals surface area contributed by atoms with E-state index in [1.54, 1.807) is 0 Å². The largest absolute Gasteiger partial charge is 0.215 e. The topological polar surface area (TPSA) is 46.2 Å². The average Bonchev–Trinajstić information content (AvgIpc) is 2.21. The predicted octanol–water partition coefficient (Wildman–Crippen LogP) is 2.36. The lowest BCUT2D eigenvalue weighted by Gasteiger charge is -2.29. The Morgan fingerprint density at radius 2 is 1.73 bits per heavy atom. The molecule has 0 rings (SSSR count). The van der Waals surface area contributed by atoms with Crippen molar-refractivity contribution in [2.24, 2.45) is 5.41 Å². The molecule has 0 saturated heterocycles. The third kappa shape index (κ3) is 5.18. The first-order chi connectivity index (χ1) is 6.95. The summed E-state index contributed by atoms with van der Waals surface area (Å²) in [5.74, 6) is 0.688. The zero-order valence-electron chi connectivity index (χ0n) is 9.85. The van der Waals surface area contributed by atoms with E-state index in [-0.39, 0.29) is 11.2 Å². The second-order valence-electron chi connectivity index (χ2n) is 3.98. The zero-order valence-corrected chi connectivity index (χ0v) is 11.4. The first-order valence-electron chi connectivity index (χ1n) is 5.48. The number of hydrogen-bond donors (Lipinski definition) is 1. The molecule has 0 bridgehead atoms. The highest BCUT2D eigenvalue weighted by molar-refractivity contribution is 7.89. The maximum Gasteiger partial charge on any atom is 0.211 e. The van der Waals surface area contributed by atoms with Gasteiger partial charge in [-0.2, -0.15) is 0 Å². The molecule has 0 aliphatic heterocycles. The molecule has 0 spiro atoms. The second-order valence-corrected chi connectivity index (χ2v) is 6.17. The third-order valence-corrected chi connectivity index (χ3v) is 5.02. The van der Waals surface area contributed by atoms with Gasteiger partial charge < -0.3 is 0 Å². The number of sulfonamides is 1. The standard InChI is InChI=1S/C10H22ClNO2S/c1-4-7-15(13,14)12-9-10(5-2,6-3)8-11/h12H,4-9H2,1-3H3. The van der Waals surface area contributed by atoms with Gasteiger partial charge in [0.25, 0.3) is 0 Å². The van der Waals surface area contributed by atoms with Crippen molar-refractivity contribution in [1.82, 2.24) is 4.72 Å². The molecule has 0 aromatic rings. The van der Waals surface area contributed by atoms with Gasteiger partial charge in [-0.3, -0.25) is 0 Å². The van der Waals surface area contributed by atoms with Crippen molar-refractivity contribution in [3.8, 4) is 0 Å². The van der Waals surface area contributed by atoms with Crippen LogP contribution < -0.4 is 4.72 Å². The van der Waals surface area contributed by atoms with E-state index < -0.39 is 10.0 Å². The van der Waals surface area contributed by atoms with E-state index >= 15 is 0 Å². The van der Waals surface area contributed by atoms with Crippen LogP contribution in [-0.2, 0) is 10.0 Å². The highest BCUT2D eigenvalue weighted by Crippen LogP contribution is 2.27. The molecule has 0 aromatic carbocycles. The lowest BCUT2D eigenvalue weighted by molar-refractivity contribution is 0.304. The number of halogens is 1. The van der Waals surface area contributed by atoms with Gasteiger partial charge in [0, 0.05) is 12.4 Å². The first-order valence-corrected chi connectivity index (χ1v) is 7.67. The van der Waals surface area contributed by atoms with Gasteiger partial charge in [-0.25, -0.2) is 13.1 Å². The van der Waals surface area contributed by atoms with Crippen LogP contribution in [0.1, 0.15) is 40.0 Å². The van der Waals surface area contributed by atoms with Gasteiger partial charge in [-0.05, 0) is 24.7 Å². The van der Waals surface area contributed by atoms with Crippen LogP contribution in [0, 0.1) is 5.41 Å². The molecule has 5 heteroatoms. The second kappa shape index (κ2) is 6.71. The normalized spacial score (nSPS) is 13.1. The number of rotatable bonds is 8. The van der Waals surface area contributed by atoms with Crippen LogP contribution in [0.4, 0.5) is 0 Å². The Kier molecular flexibility index (Phi) is 6.80. The summed E-state index contributed by atoms with van der Waals surface area (Å²) >= 11 is 5.90. The first kappa shape index (κ1) is 15.2. The van der Waals surface area contributed by atoms with Crippen LogP contribution in [0.25, 0.3) is 0 Å². The Hall–Kier alpha value is 0.200. The van der Waals surface area contributed by atoms with Gasteiger partial charge in [-0.15, -0.1) is 11.6 Å². The van der Waals surface area contributed by atoms with Crippen molar-refractivity contribution < 1.29 is 8.42 Å². The van der Waals surface area contributed by atoms with Crippen molar-refractivity contribution in [1.29, 1.82) is 0 Å². The van der Waals surface area contributed by atoms with Crippen LogP contribution in [0.15, 0.2) is 0 Å². The highest BCUT2D eigenvalue weighted by Gasteiger charge is 2.26. The molecule has 15 heavy (non-hydrogen) atoms. The molecule has 0 saturated carbocycles. The fourth-order valence-electron chi connectivity index (χ4n) is 1.34. The van der Waals surface area contributed by atoms with Crippen molar-refractivity contribution in [3.63, 3.8) is 0 Å². The summed E-state index contributed by atoms with van der Waals surface area (Å²) < 4.78 is 25.6. The molecule has 0 fully saturated rings. The maximum atomic E-state index is 11.5. The van der Waals surface area contributed by atoms with Gasteiger partial charge >= 0.3 is 0 Å². The number of nitrogens with one attached hydrogen (secondary N) is 1. The van der Waals surface area contributed by atoms with Crippen LogP contribution in [-0.4, -0.2) is 26.6 Å². The smallest absolute Gasteiger partial charge is 0.211 e. The van der Waals surface area contributed by atoms with Crippen molar-refractivity contribution >= 4 is 21.6 Å². The van der Waals surface area contributed by atoms with Gasteiger partial charge in [-0.1, -0.05) is 20.8 Å².